The van der Waals surface area contributed by atoms with Crippen LogP contribution in [0, 0.1) is 10.1 Å². The van der Waals surface area contributed by atoms with Crippen LogP contribution in [0.3, 0.4) is 0 Å². The lowest BCUT2D eigenvalue weighted by Gasteiger charge is -2.03. The lowest BCUT2D eigenvalue weighted by atomic mass is 10.2. The van der Waals surface area contributed by atoms with Crippen molar-refractivity contribution in [1.29, 1.82) is 0 Å². The van der Waals surface area contributed by atoms with Crippen LogP contribution in [-0.4, -0.2) is 14.7 Å². The first-order chi connectivity index (χ1) is 12.2. The second-order valence-corrected chi connectivity index (χ2v) is 5.77. The first-order valence-corrected chi connectivity index (χ1v) is 7.91. The molecule has 0 atom stereocenters. The first kappa shape index (κ1) is 15.1. The van der Waals surface area contributed by atoms with Gasteiger partial charge in [-0.3, -0.25) is 14.8 Å². The van der Waals surface area contributed by atoms with Gasteiger partial charge < -0.3 is 4.42 Å². The van der Waals surface area contributed by atoms with E-state index in [4.69, 9.17) is 9.52 Å². The summed E-state index contributed by atoms with van der Waals surface area (Å²) in [6.07, 6.45) is 0. The van der Waals surface area contributed by atoms with E-state index < -0.39 is 4.92 Å². The molecule has 2 aromatic carbocycles. The summed E-state index contributed by atoms with van der Waals surface area (Å²) in [7, 11) is 0. The highest BCUT2D eigenvalue weighted by Crippen LogP contribution is 2.29. The molecule has 0 aliphatic rings. The Bertz CT molecular complexity index is 1030. The molecule has 2 aromatic heterocycles. The number of nitro groups is 1. The van der Waals surface area contributed by atoms with Gasteiger partial charge in [0.05, 0.1) is 12.1 Å². The van der Waals surface area contributed by atoms with Crippen molar-refractivity contribution in [2.75, 3.05) is 0 Å². The molecule has 4 aromatic rings. The standard InChI is InChI=1S/C19H15N3O3/c23-22(24)13-15-10-11-18(25-15)19-16-8-4-5-9-17(16)21(20-19)12-14-6-2-1-3-7-14/h1-11H,12-13H2. The third kappa shape index (κ3) is 3.01. The SMILES string of the molecule is O=[N+]([O-])Cc1ccc(-c2nn(Cc3ccccc3)c3ccccc23)o1. The van der Waals surface area contributed by atoms with Crippen molar-refractivity contribution in [3.63, 3.8) is 0 Å². The second kappa shape index (κ2) is 6.24. The Labute approximate surface area is 143 Å². The van der Waals surface area contributed by atoms with Gasteiger partial charge in [0.2, 0.25) is 0 Å². The monoisotopic (exact) mass is 333 g/mol. The summed E-state index contributed by atoms with van der Waals surface area (Å²) in [6.45, 7) is 0.312. The molecule has 0 saturated carbocycles. The Kier molecular flexibility index (Phi) is 3.78. The molecule has 6 heteroatoms. The van der Waals surface area contributed by atoms with E-state index in [0.717, 1.165) is 16.5 Å². The summed E-state index contributed by atoms with van der Waals surface area (Å²) in [5.74, 6) is 0.863. The van der Waals surface area contributed by atoms with Crippen molar-refractivity contribution in [1.82, 2.24) is 9.78 Å². The van der Waals surface area contributed by atoms with Crippen molar-refractivity contribution in [3.05, 3.63) is 88.2 Å². The molecule has 0 aliphatic heterocycles. The van der Waals surface area contributed by atoms with Gasteiger partial charge in [-0.1, -0.05) is 48.5 Å². The molecule has 0 N–H and O–H groups in total. The topological polar surface area (TPSA) is 74.1 Å². The average molecular weight is 333 g/mol. The molecule has 2 heterocycles. The minimum atomic E-state index is -0.408. The molecule has 0 unspecified atom stereocenters. The van der Waals surface area contributed by atoms with Gasteiger partial charge in [0.15, 0.2) is 11.5 Å². The zero-order valence-corrected chi connectivity index (χ0v) is 13.3. The van der Waals surface area contributed by atoms with Crippen molar-refractivity contribution in [3.8, 4) is 11.5 Å². The van der Waals surface area contributed by atoms with Crippen LogP contribution in [0.4, 0.5) is 0 Å². The number of hydrogen-bond donors (Lipinski definition) is 0. The zero-order chi connectivity index (χ0) is 17.2. The first-order valence-electron chi connectivity index (χ1n) is 7.91. The molecular weight excluding hydrogens is 318 g/mol. The molecule has 0 bridgehead atoms. The normalized spacial score (nSPS) is 11.0. The van der Waals surface area contributed by atoms with E-state index in [9.17, 15) is 10.1 Å². The highest BCUT2D eigenvalue weighted by Gasteiger charge is 2.16. The number of fused-ring (bicyclic) bond motifs is 1. The van der Waals surface area contributed by atoms with E-state index in [-0.39, 0.29) is 6.54 Å². The summed E-state index contributed by atoms with van der Waals surface area (Å²) in [4.78, 5) is 10.3. The van der Waals surface area contributed by atoms with Crippen LogP contribution in [0.1, 0.15) is 11.3 Å². The fraction of sp³-hybridized carbons (Fsp3) is 0.105. The number of aromatic nitrogens is 2. The maximum atomic E-state index is 10.7. The molecule has 0 fully saturated rings. The van der Waals surface area contributed by atoms with Crippen LogP contribution in [0.25, 0.3) is 22.4 Å². The summed E-state index contributed by atoms with van der Waals surface area (Å²) < 4.78 is 7.56. The maximum absolute atomic E-state index is 10.7. The van der Waals surface area contributed by atoms with Gasteiger partial charge in [0, 0.05) is 10.3 Å². The van der Waals surface area contributed by atoms with E-state index in [1.165, 1.54) is 0 Å². The fourth-order valence-electron chi connectivity index (χ4n) is 2.90. The van der Waals surface area contributed by atoms with Crippen LogP contribution in [-0.2, 0) is 13.1 Å². The summed E-state index contributed by atoms with van der Waals surface area (Å²) in [5, 5.41) is 16.3. The number of benzene rings is 2. The van der Waals surface area contributed by atoms with Gasteiger partial charge in [-0.2, -0.15) is 5.10 Å². The Morgan fingerprint density at radius 1 is 1.00 bits per heavy atom. The summed E-state index contributed by atoms with van der Waals surface area (Å²) >= 11 is 0. The van der Waals surface area contributed by atoms with Gasteiger partial charge in [-0.05, 0) is 23.8 Å². The Balaban J connectivity index is 1.77. The second-order valence-electron chi connectivity index (χ2n) is 5.77. The van der Waals surface area contributed by atoms with Gasteiger partial charge >= 0.3 is 0 Å². The van der Waals surface area contributed by atoms with Gasteiger partial charge in [0.1, 0.15) is 5.69 Å². The zero-order valence-electron chi connectivity index (χ0n) is 13.3. The average Bonchev–Trinajstić information content (AvgIpc) is 3.20. The predicted molar refractivity (Wildman–Crippen MR) is 93.7 cm³/mol. The maximum Gasteiger partial charge on any atom is 0.260 e. The highest BCUT2D eigenvalue weighted by atomic mass is 16.6. The largest absolute Gasteiger partial charge is 0.452 e. The molecule has 0 aliphatic carbocycles. The van der Waals surface area contributed by atoms with E-state index in [1.54, 1.807) is 12.1 Å². The van der Waals surface area contributed by atoms with Gasteiger partial charge in [-0.25, -0.2) is 0 Å². The van der Waals surface area contributed by atoms with Crippen molar-refractivity contribution >= 4 is 10.9 Å². The third-order valence-corrected chi connectivity index (χ3v) is 4.01. The molecule has 124 valence electrons. The van der Waals surface area contributed by atoms with E-state index >= 15 is 0 Å². The van der Waals surface area contributed by atoms with Crippen LogP contribution < -0.4 is 0 Å². The molecule has 0 amide bonds. The number of hydrogen-bond acceptors (Lipinski definition) is 4. The molecular formula is C19H15N3O3. The van der Waals surface area contributed by atoms with Crippen LogP contribution in [0.5, 0.6) is 0 Å². The molecule has 25 heavy (non-hydrogen) atoms. The van der Waals surface area contributed by atoms with Crippen molar-refractivity contribution < 1.29 is 9.34 Å². The van der Waals surface area contributed by atoms with Crippen LogP contribution in [0.15, 0.2) is 71.1 Å². The molecule has 0 spiro atoms. The predicted octanol–water partition coefficient (Wildman–Crippen LogP) is 4.12. The fourth-order valence-corrected chi connectivity index (χ4v) is 2.90. The number of rotatable bonds is 5. The van der Waals surface area contributed by atoms with E-state index in [1.807, 2.05) is 47.1 Å². The molecule has 6 nitrogen and oxygen atoms in total. The molecule has 4 rings (SSSR count). The Morgan fingerprint density at radius 3 is 2.56 bits per heavy atom. The highest BCUT2D eigenvalue weighted by molar-refractivity contribution is 5.92. The number of nitrogens with zero attached hydrogens (tertiary/aromatic N) is 3. The molecule has 0 radical (unpaired) electrons. The number of furan rings is 1. The lowest BCUT2D eigenvalue weighted by Crippen LogP contribution is -2.01. The van der Waals surface area contributed by atoms with Crippen molar-refractivity contribution in [2.45, 2.75) is 13.1 Å². The quantitative estimate of drug-likeness (QED) is 0.407. The Morgan fingerprint density at radius 2 is 1.76 bits per heavy atom. The Hall–Kier alpha value is -3.41. The van der Waals surface area contributed by atoms with Crippen molar-refractivity contribution in [2.24, 2.45) is 0 Å². The van der Waals surface area contributed by atoms with Crippen LogP contribution in [0.2, 0.25) is 0 Å². The minimum Gasteiger partial charge on any atom is -0.452 e. The van der Waals surface area contributed by atoms with Gasteiger partial charge in [0.25, 0.3) is 6.54 Å². The smallest absolute Gasteiger partial charge is 0.260 e. The summed E-state index contributed by atoms with van der Waals surface area (Å²) in [5.41, 5.74) is 2.84. The van der Waals surface area contributed by atoms with E-state index in [2.05, 4.69) is 12.1 Å². The minimum absolute atomic E-state index is 0.321. The number of para-hydroxylation sites is 1. The lowest BCUT2D eigenvalue weighted by molar-refractivity contribution is -0.499. The third-order valence-electron chi connectivity index (χ3n) is 4.01. The molecule has 0 saturated heterocycles. The van der Waals surface area contributed by atoms with E-state index in [0.29, 0.717) is 23.8 Å². The van der Waals surface area contributed by atoms with Gasteiger partial charge in [-0.15, -0.1) is 0 Å². The summed E-state index contributed by atoms with van der Waals surface area (Å²) in [6, 6.07) is 21.4. The van der Waals surface area contributed by atoms with Crippen LogP contribution >= 0.6 is 0 Å².